The standard InChI is InChI=1S/C20H18O5/c1-4-14-5-7-15(8-6-14)25-20-12(2)23-18-11-16(24-13(3)21)9-10-17(18)19(20)22/h5-11H,4H2,1-3H3. The minimum Gasteiger partial charge on any atom is -0.457 e. The van der Waals surface area contributed by atoms with E-state index in [0.717, 1.165) is 6.42 Å². The van der Waals surface area contributed by atoms with Gasteiger partial charge < -0.3 is 13.9 Å². The van der Waals surface area contributed by atoms with E-state index in [1.807, 2.05) is 24.3 Å². The zero-order chi connectivity index (χ0) is 18.0. The summed E-state index contributed by atoms with van der Waals surface area (Å²) in [6.45, 7) is 5.05. The van der Waals surface area contributed by atoms with Gasteiger partial charge in [-0.1, -0.05) is 19.1 Å². The van der Waals surface area contributed by atoms with Crippen LogP contribution in [0.15, 0.2) is 51.7 Å². The summed E-state index contributed by atoms with van der Waals surface area (Å²) in [7, 11) is 0. The second kappa shape index (κ2) is 6.81. The summed E-state index contributed by atoms with van der Waals surface area (Å²) < 4.78 is 16.5. The first-order valence-electron chi connectivity index (χ1n) is 8.00. The summed E-state index contributed by atoms with van der Waals surface area (Å²) in [6, 6.07) is 12.2. The molecule has 0 unspecified atom stereocenters. The SMILES string of the molecule is CCc1ccc(Oc2c(C)oc3cc(OC(C)=O)ccc3c2=O)cc1. The van der Waals surface area contributed by atoms with Crippen molar-refractivity contribution in [1.82, 2.24) is 0 Å². The van der Waals surface area contributed by atoms with Gasteiger partial charge in [-0.3, -0.25) is 9.59 Å². The van der Waals surface area contributed by atoms with E-state index in [9.17, 15) is 9.59 Å². The van der Waals surface area contributed by atoms with Gasteiger partial charge in [0, 0.05) is 13.0 Å². The largest absolute Gasteiger partial charge is 0.457 e. The first-order chi connectivity index (χ1) is 12.0. The molecular formula is C20H18O5. The average molecular weight is 338 g/mol. The fourth-order valence-electron chi connectivity index (χ4n) is 2.53. The number of fused-ring (bicyclic) bond motifs is 1. The number of rotatable bonds is 4. The molecule has 5 nitrogen and oxygen atoms in total. The highest BCUT2D eigenvalue weighted by molar-refractivity contribution is 5.80. The minimum absolute atomic E-state index is 0.150. The van der Waals surface area contributed by atoms with E-state index >= 15 is 0 Å². The van der Waals surface area contributed by atoms with Gasteiger partial charge >= 0.3 is 5.97 Å². The van der Waals surface area contributed by atoms with Crippen molar-refractivity contribution in [2.75, 3.05) is 0 Å². The molecule has 128 valence electrons. The number of hydrogen-bond donors (Lipinski definition) is 0. The van der Waals surface area contributed by atoms with Crippen molar-refractivity contribution in [3.63, 3.8) is 0 Å². The molecule has 3 rings (SSSR count). The molecule has 0 saturated carbocycles. The van der Waals surface area contributed by atoms with Gasteiger partial charge in [0.25, 0.3) is 0 Å². The lowest BCUT2D eigenvalue weighted by atomic mass is 10.1. The topological polar surface area (TPSA) is 65.7 Å². The lowest BCUT2D eigenvalue weighted by Crippen LogP contribution is -2.08. The number of carbonyl (C=O) groups excluding carboxylic acids is 1. The van der Waals surface area contributed by atoms with E-state index in [4.69, 9.17) is 13.9 Å². The Bertz CT molecular complexity index is 983. The Morgan fingerprint density at radius 1 is 1.08 bits per heavy atom. The lowest BCUT2D eigenvalue weighted by Gasteiger charge is -2.10. The van der Waals surface area contributed by atoms with Crippen LogP contribution in [-0.4, -0.2) is 5.97 Å². The van der Waals surface area contributed by atoms with E-state index in [0.29, 0.717) is 28.2 Å². The Labute approximate surface area is 144 Å². The monoisotopic (exact) mass is 338 g/mol. The van der Waals surface area contributed by atoms with Crippen molar-refractivity contribution in [1.29, 1.82) is 0 Å². The molecule has 1 heterocycles. The van der Waals surface area contributed by atoms with Crippen LogP contribution < -0.4 is 14.9 Å². The summed E-state index contributed by atoms with van der Waals surface area (Å²) in [5, 5.41) is 0.363. The third kappa shape index (κ3) is 3.55. The molecule has 0 aliphatic heterocycles. The van der Waals surface area contributed by atoms with Gasteiger partial charge in [0.05, 0.1) is 5.39 Å². The Morgan fingerprint density at radius 2 is 1.76 bits per heavy atom. The molecule has 1 aromatic heterocycles. The Morgan fingerprint density at radius 3 is 2.40 bits per heavy atom. The van der Waals surface area contributed by atoms with Crippen LogP contribution in [0.1, 0.15) is 25.2 Å². The van der Waals surface area contributed by atoms with Crippen LogP contribution in [0.5, 0.6) is 17.2 Å². The highest BCUT2D eigenvalue weighted by Gasteiger charge is 2.15. The van der Waals surface area contributed by atoms with Crippen molar-refractivity contribution in [2.45, 2.75) is 27.2 Å². The first kappa shape index (κ1) is 16.8. The third-order valence-corrected chi connectivity index (χ3v) is 3.80. The van der Waals surface area contributed by atoms with Crippen LogP contribution in [0.4, 0.5) is 0 Å². The molecular weight excluding hydrogens is 320 g/mol. The summed E-state index contributed by atoms with van der Waals surface area (Å²) in [4.78, 5) is 23.8. The van der Waals surface area contributed by atoms with Crippen LogP contribution in [0, 0.1) is 6.92 Å². The molecule has 0 radical (unpaired) electrons. The maximum absolute atomic E-state index is 12.7. The maximum atomic E-state index is 12.7. The molecule has 0 N–H and O–H groups in total. The van der Waals surface area contributed by atoms with Crippen LogP contribution in [0.3, 0.4) is 0 Å². The fourth-order valence-corrected chi connectivity index (χ4v) is 2.53. The Balaban J connectivity index is 2.00. The summed E-state index contributed by atoms with van der Waals surface area (Å²) in [6.07, 6.45) is 0.933. The van der Waals surface area contributed by atoms with Gasteiger partial charge in [-0.2, -0.15) is 0 Å². The Kier molecular flexibility index (Phi) is 4.57. The second-order valence-electron chi connectivity index (χ2n) is 5.67. The van der Waals surface area contributed by atoms with Gasteiger partial charge in [0.15, 0.2) is 0 Å². The Hall–Kier alpha value is -3.08. The predicted octanol–water partition coefficient (Wildman–Crippen LogP) is 4.38. The van der Waals surface area contributed by atoms with Gasteiger partial charge in [0.2, 0.25) is 11.2 Å². The van der Waals surface area contributed by atoms with E-state index in [-0.39, 0.29) is 11.2 Å². The highest BCUT2D eigenvalue weighted by atomic mass is 16.5. The van der Waals surface area contributed by atoms with Crippen LogP contribution in [0.2, 0.25) is 0 Å². The molecule has 0 fully saturated rings. The summed E-state index contributed by atoms with van der Waals surface area (Å²) >= 11 is 0. The average Bonchev–Trinajstić information content (AvgIpc) is 2.58. The quantitative estimate of drug-likeness (QED) is 0.522. The number of esters is 1. The highest BCUT2D eigenvalue weighted by Crippen LogP contribution is 2.27. The van der Waals surface area contributed by atoms with E-state index in [2.05, 4.69) is 6.92 Å². The molecule has 0 atom stereocenters. The summed E-state index contributed by atoms with van der Waals surface area (Å²) in [5.74, 6) is 0.970. The van der Waals surface area contributed by atoms with Gasteiger partial charge in [-0.15, -0.1) is 0 Å². The zero-order valence-corrected chi connectivity index (χ0v) is 14.3. The van der Waals surface area contributed by atoms with Gasteiger partial charge in [0.1, 0.15) is 22.8 Å². The normalized spacial score (nSPS) is 10.7. The molecule has 2 aromatic carbocycles. The fraction of sp³-hybridized carbons (Fsp3) is 0.200. The van der Waals surface area contributed by atoms with E-state index in [1.165, 1.54) is 18.6 Å². The number of benzene rings is 2. The number of carbonyl (C=O) groups is 1. The van der Waals surface area contributed by atoms with Crippen LogP contribution in [0.25, 0.3) is 11.0 Å². The first-order valence-corrected chi connectivity index (χ1v) is 8.00. The zero-order valence-electron chi connectivity index (χ0n) is 14.3. The molecule has 0 aliphatic rings. The van der Waals surface area contributed by atoms with E-state index < -0.39 is 5.97 Å². The number of hydrogen-bond acceptors (Lipinski definition) is 5. The molecule has 0 amide bonds. The maximum Gasteiger partial charge on any atom is 0.308 e. The molecule has 0 spiro atoms. The lowest BCUT2D eigenvalue weighted by molar-refractivity contribution is -0.131. The second-order valence-corrected chi connectivity index (χ2v) is 5.67. The van der Waals surface area contributed by atoms with Crippen molar-refractivity contribution in [3.8, 4) is 17.2 Å². The molecule has 0 aliphatic carbocycles. The predicted molar refractivity (Wildman–Crippen MR) is 94.4 cm³/mol. The van der Waals surface area contributed by atoms with Crippen molar-refractivity contribution >= 4 is 16.9 Å². The molecule has 5 heteroatoms. The third-order valence-electron chi connectivity index (χ3n) is 3.80. The number of aryl methyl sites for hydroxylation is 2. The van der Waals surface area contributed by atoms with Crippen molar-refractivity contribution in [3.05, 3.63) is 64.0 Å². The smallest absolute Gasteiger partial charge is 0.308 e. The van der Waals surface area contributed by atoms with Crippen LogP contribution in [-0.2, 0) is 11.2 Å². The molecule has 0 bridgehead atoms. The van der Waals surface area contributed by atoms with Crippen molar-refractivity contribution in [2.24, 2.45) is 0 Å². The van der Waals surface area contributed by atoms with E-state index in [1.54, 1.807) is 19.1 Å². The molecule has 0 saturated heterocycles. The number of ether oxygens (including phenoxy) is 2. The molecule has 25 heavy (non-hydrogen) atoms. The minimum atomic E-state index is -0.436. The van der Waals surface area contributed by atoms with Crippen LogP contribution >= 0.6 is 0 Å². The van der Waals surface area contributed by atoms with Crippen molar-refractivity contribution < 1.29 is 18.7 Å². The van der Waals surface area contributed by atoms with Gasteiger partial charge in [-0.25, -0.2) is 0 Å². The summed E-state index contributed by atoms with van der Waals surface area (Å²) in [5.41, 5.74) is 1.26. The molecule has 3 aromatic rings. The van der Waals surface area contributed by atoms with Gasteiger partial charge in [-0.05, 0) is 43.2 Å².